The van der Waals surface area contributed by atoms with Gasteiger partial charge in [0.15, 0.2) is 24.0 Å². The molecule has 0 fully saturated rings. The van der Waals surface area contributed by atoms with E-state index in [1.807, 2.05) is 0 Å². The lowest BCUT2D eigenvalue weighted by molar-refractivity contribution is -0.137. The van der Waals surface area contributed by atoms with Gasteiger partial charge in [-0.2, -0.15) is 27.1 Å². The van der Waals surface area contributed by atoms with Crippen molar-refractivity contribution in [3.63, 3.8) is 0 Å². The van der Waals surface area contributed by atoms with Crippen molar-refractivity contribution in [3.8, 4) is 11.4 Å². The van der Waals surface area contributed by atoms with Crippen molar-refractivity contribution >= 4 is 29.2 Å². The van der Waals surface area contributed by atoms with E-state index in [1.165, 1.54) is 34.0 Å². The number of ether oxygens (including phenoxy) is 1. The third-order valence-corrected chi connectivity index (χ3v) is 8.27. The van der Waals surface area contributed by atoms with Crippen molar-refractivity contribution in [3.05, 3.63) is 137 Å². The lowest BCUT2D eigenvalue weighted by Crippen LogP contribution is -2.55. The molecule has 0 spiro atoms. The molecule has 1 aliphatic rings. The normalized spacial score (nSPS) is 15.6. The molecule has 0 saturated heterocycles. The summed E-state index contributed by atoms with van der Waals surface area (Å²) in [7, 11) is 0. The fraction of sp³-hybridized carbons (Fsp3) is 0.167. The largest absolute Gasteiger partial charge is 0.477 e. The zero-order chi connectivity index (χ0) is 37.3. The molecule has 1 aromatic heterocycles. The van der Waals surface area contributed by atoms with Gasteiger partial charge in [-0.05, 0) is 48.9 Å². The fourth-order valence-electron chi connectivity index (χ4n) is 5.94. The molecule has 0 saturated carbocycles. The number of hydrogen-bond donors (Lipinski definition) is 2. The number of carbonyl (C=O) groups is 3. The van der Waals surface area contributed by atoms with Crippen LogP contribution in [0.1, 0.15) is 39.9 Å². The summed E-state index contributed by atoms with van der Waals surface area (Å²) in [5.74, 6) is -12.1. The molecule has 2 heterocycles. The number of fused-ring (bicyclic) bond motifs is 1. The van der Waals surface area contributed by atoms with Gasteiger partial charge in [0.25, 0.3) is 17.7 Å². The van der Waals surface area contributed by atoms with Crippen molar-refractivity contribution in [1.82, 2.24) is 15.1 Å². The molecule has 4 aromatic carbocycles. The number of likely N-dealkylation sites (N-methyl/N-ethyl adjacent to an activating group) is 1. The molecule has 3 amide bonds. The summed E-state index contributed by atoms with van der Waals surface area (Å²) in [5.41, 5.74) is -0.241. The zero-order valence-electron chi connectivity index (χ0n) is 26.8. The predicted molar refractivity (Wildman–Crippen MR) is 173 cm³/mol. The van der Waals surface area contributed by atoms with Gasteiger partial charge in [-0.25, -0.2) is 13.5 Å². The number of nitrogens with one attached hydrogen (secondary N) is 2. The zero-order valence-corrected chi connectivity index (χ0v) is 26.8. The Balaban J connectivity index is 1.41. The van der Waals surface area contributed by atoms with E-state index in [-0.39, 0.29) is 29.4 Å². The molecule has 9 nitrogen and oxygen atoms in total. The number of halogens is 7. The summed E-state index contributed by atoms with van der Waals surface area (Å²) in [6.45, 7) is 0.669. The summed E-state index contributed by atoms with van der Waals surface area (Å²) in [6.07, 6.45) is -3.29. The van der Waals surface area contributed by atoms with Crippen LogP contribution in [-0.2, 0) is 15.8 Å². The maximum atomic E-state index is 14.3. The SMILES string of the molecule is CCN1C(=O)[C@H](NC(=O)c2cccc(C(F)(F)F)c2)[C@@H](c2ccccc2NC(=O)COc2c(F)c(F)cc(F)c2F)c2cnn(-c3ccccc3)c21. The molecule has 0 bridgehead atoms. The minimum Gasteiger partial charge on any atom is -0.477 e. The van der Waals surface area contributed by atoms with Crippen LogP contribution in [0.25, 0.3) is 5.69 Å². The highest BCUT2D eigenvalue weighted by Gasteiger charge is 2.45. The number of amides is 3. The van der Waals surface area contributed by atoms with Crippen LogP contribution in [0.3, 0.4) is 0 Å². The highest BCUT2D eigenvalue weighted by atomic mass is 19.4. The predicted octanol–water partition coefficient (Wildman–Crippen LogP) is 6.76. The first-order chi connectivity index (χ1) is 24.8. The van der Waals surface area contributed by atoms with E-state index in [0.717, 1.165) is 18.2 Å². The molecule has 2 N–H and O–H groups in total. The first kappa shape index (κ1) is 35.6. The minimum absolute atomic E-state index is 0.0185. The second-order valence-corrected chi connectivity index (χ2v) is 11.5. The number of para-hydroxylation sites is 2. The first-order valence-electron chi connectivity index (χ1n) is 15.6. The van der Waals surface area contributed by atoms with Crippen molar-refractivity contribution < 1.29 is 49.9 Å². The molecule has 0 aliphatic carbocycles. The molecule has 1 aliphatic heterocycles. The average molecular weight is 726 g/mol. The van der Waals surface area contributed by atoms with Gasteiger partial charge in [-0.1, -0.05) is 42.5 Å². The number of nitrogens with zero attached hydrogens (tertiary/aromatic N) is 3. The Labute approximate surface area is 290 Å². The lowest BCUT2D eigenvalue weighted by Gasteiger charge is -2.38. The van der Waals surface area contributed by atoms with Gasteiger partial charge in [0.05, 0.1) is 17.4 Å². The Morgan fingerprint density at radius 3 is 2.21 bits per heavy atom. The van der Waals surface area contributed by atoms with Crippen LogP contribution in [0, 0.1) is 23.3 Å². The molecule has 5 aromatic rings. The van der Waals surface area contributed by atoms with Gasteiger partial charge < -0.3 is 15.4 Å². The first-order valence-corrected chi connectivity index (χ1v) is 15.6. The summed E-state index contributed by atoms with van der Waals surface area (Å²) < 4.78 is 103. The van der Waals surface area contributed by atoms with Crippen LogP contribution in [0.2, 0.25) is 0 Å². The topological polar surface area (TPSA) is 106 Å². The summed E-state index contributed by atoms with van der Waals surface area (Å²) in [5, 5.41) is 9.61. The Kier molecular flexibility index (Phi) is 9.73. The Bertz CT molecular complexity index is 2150. The van der Waals surface area contributed by atoms with E-state index in [2.05, 4.69) is 15.7 Å². The molecular weight excluding hydrogens is 699 g/mol. The number of hydrogen-bond acceptors (Lipinski definition) is 5. The Hall–Kier alpha value is -6.19. The van der Waals surface area contributed by atoms with Crippen molar-refractivity contribution in [2.45, 2.75) is 25.1 Å². The number of anilines is 2. The maximum absolute atomic E-state index is 14.3. The highest BCUT2D eigenvalue weighted by molar-refractivity contribution is 6.05. The van der Waals surface area contributed by atoms with E-state index >= 15 is 0 Å². The van der Waals surface area contributed by atoms with Crippen molar-refractivity contribution in [2.24, 2.45) is 0 Å². The van der Waals surface area contributed by atoms with Gasteiger partial charge in [0.2, 0.25) is 11.6 Å². The van der Waals surface area contributed by atoms with Crippen LogP contribution < -0.4 is 20.3 Å². The third kappa shape index (κ3) is 6.78. The van der Waals surface area contributed by atoms with Gasteiger partial charge in [0, 0.05) is 35.3 Å². The number of benzene rings is 4. The molecule has 0 unspecified atom stereocenters. The minimum atomic E-state index is -4.75. The maximum Gasteiger partial charge on any atom is 0.416 e. The number of aromatic nitrogens is 2. The summed E-state index contributed by atoms with van der Waals surface area (Å²) in [6, 6.07) is 17.0. The molecule has 268 valence electrons. The second kappa shape index (κ2) is 14.2. The number of alkyl halides is 3. The van der Waals surface area contributed by atoms with Crippen LogP contribution in [0.15, 0.2) is 91.1 Å². The number of carbonyl (C=O) groups excluding carboxylic acids is 3. The van der Waals surface area contributed by atoms with Crippen molar-refractivity contribution in [1.29, 1.82) is 0 Å². The van der Waals surface area contributed by atoms with Gasteiger partial charge in [0.1, 0.15) is 11.9 Å². The van der Waals surface area contributed by atoms with Crippen LogP contribution in [0.5, 0.6) is 5.75 Å². The van der Waals surface area contributed by atoms with Crippen LogP contribution >= 0.6 is 0 Å². The lowest BCUT2D eigenvalue weighted by atomic mass is 9.81. The molecule has 6 rings (SSSR count). The highest BCUT2D eigenvalue weighted by Crippen LogP contribution is 2.43. The smallest absolute Gasteiger partial charge is 0.416 e. The van der Waals surface area contributed by atoms with Crippen molar-refractivity contribution in [2.75, 3.05) is 23.4 Å². The quantitative estimate of drug-likeness (QED) is 0.129. The standard InChI is InChI=1S/C36H26F7N5O4/c1-2-47-34-23(17-44-48(34)21-11-4-3-5-12-21)28(31(35(47)51)46-33(50)19-9-8-10-20(15-19)36(41,42)43)22-13-6-7-14-26(22)45-27(49)18-52-32-29(39)24(37)16-25(38)30(32)40/h3-17,28,31H,2,18H2,1H3,(H,45,49)(H,46,50)/t28-,31+/m0/s1. The summed E-state index contributed by atoms with van der Waals surface area (Å²) in [4.78, 5) is 42.3. The van der Waals surface area contributed by atoms with Crippen LogP contribution in [-0.4, -0.2) is 46.7 Å². The third-order valence-electron chi connectivity index (χ3n) is 8.27. The molecule has 52 heavy (non-hydrogen) atoms. The van der Waals surface area contributed by atoms with E-state index in [0.29, 0.717) is 23.1 Å². The van der Waals surface area contributed by atoms with E-state index in [1.54, 1.807) is 43.3 Å². The molecule has 0 radical (unpaired) electrons. The molecule has 16 heteroatoms. The van der Waals surface area contributed by atoms with Gasteiger partial charge in [-0.15, -0.1) is 0 Å². The number of rotatable bonds is 9. The fourth-order valence-corrected chi connectivity index (χ4v) is 5.94. The molecule has 2 atom stereocenters. The summed E-state index contributed by atoms with van der Waals surface area (Å²) >= 11 is 0. The monoisotopic (exact) mass is 725 g/mol. The molecular formula is C36H26F7N5O4. The van der Waals surface area contributed by atoms with Crippen LogP contribution in [0.4, 0.5) is 42.2 Å². The van der Waals surface area contributed by atoms with E-state index in [9.17, 15) is 45.1 Å². The Morgan fingerprint density at radius 2 is 1.54 bits per heavy atom. The Morgan fingerprint density at radius 1 is 0.865 bits per heavy atom. The van der Waals surface area contributed by atoms with E-state index < -0.39 is 77.0 Å². The van der Waals surface area contributed by atoms with Gasteiger partial charge >= 0.3 is 6.18 Å². The van der Waals surface area contributed by atoms with E-state index in [4.69, 9.17) is 4.74 Å². The second-order valence-electron chi connectivity index (χ2n) is 11.5. The average Bonchev–Trinajstić information content (AvgIpc) is 3.56. The van der Waals surface area contributed by atoms with Gasteiger partial charge in [-0.3, -0.25) is 19.3 Å².